The molecule has 23 heavy (non-hydrogen) atoms. The molecule has 2 N–H and O–H groups in total. The summed E-state index contributed by atoms with van der Waals surface area (Å²) in [5, 5.41) is 39.1. The van der Waals surface area contributed by atoms with E-state index >= 15 is 0 Å². The van der Waals surface area contributed by atoms with Crippen molar-refractivity contribution in [1.82, 2.24) is 30.8 Å². The Labute approximate surface area is 150 Å². The van der Waals surface area contributed by atoms with E-state index in [0.717, 1.165) is 24.3 Å². The van der Waals surface area contributed by atoms with E-state index < -0.39 is 11.9 Å². The molecule has 0 saturated carbocycles. The zero-order chi connectivity index (χ0) is 16.2. The normalized spacial score (nSPS) is 8.35. The maximum absolute atomic E-state index is 10.2. The number of aromatic nitrogens is 6. The van der Waals surface area contributed by atoms with Gasteiger partial charge in [0.15, 0.2) is 0 Å². The largest absolute Gasteiger partial charge is 2.00 e. The Morgan fingerprint density at radius 2 is 0.957 bits per heavy atom. The predicted octanol–water partition coefficient (Wildman–Crippen LogP) is -1.98. The van der Waals surface area contributed by atoms with Crippen molar-refractivity contribution in [3.05, 3.63) is 60.2 Å². The summed E-state index contributed by atoms with van der Waals surface area (Å²) in [5.41, 5.74) is -0.111. The van der Waals surface area contributed by atoms with Crippen molar-refractivity contribution in [3.63, 3.8) is 0 Å². The van der Waals surface area contributed by atoms with Gasteiger partial charge >= 0.3 is 27.3 Å². The maximum atomic E-state index is 10.2. The molecule has 114 valence electrons. The first-order valence-corrected chi connectivity index (χ1v) is 5.73. The number of carboxylic acids is 2. The maximum Gasteiger partial charge on any atom is 2.00 e. The molecule has 10 nitrogen and oxygen atoms in total. The standard InChI is InChI=1S/C8H6O4.2C2H3N3.Cd/c9-7(10)5-1-2-6(4-3-5)8(11)12;2*1-2-4-5-3-1;/h1-4H,(H,9,10)(H,11,12);2*1-2H,(H,3,4,5);/q;;;+2/p-2. The van der Waals surface area contributed by atoms with E-state index in [1.807, 2.05) is 0 Å². The fourth-order valence-electron chi connectivity index (χ4n) is 1.08. The Kier molecular flexibility index (Phi) is 10.6. The number of carbonyl (C=O) groups excluding carboxylic acids is 2. The van der Waals surface area contributed by atoms with Gasteiger partial charge in [0.1, 0.15) is 0 Å². The first-order chi connectivity index (χ1) is 10.6. The fourth-order valence-corrected chi connectivity index (χ4v) is 1.08. The molecule has 0 bridgehead atoms. The van der Waals surface area contributed by atoms with Gasteiger partial charge in [-0.25, -0.2) is 0 Å². The van der Waals surface area contributed by atoms with Crippen LogP contribution in [0.5, 0.6) is 0 Å². The van der Waals surface area contributed by atoms with E-state index in [-0.39, 0.29) is 38.4 Å². The molecule has 0 radical (unpaired) electrons. The topological polar surface area (TPSA) is 163 Å². The number of nitrogens with zero attached hydrogens (tertiary/aromatic N) is 4. The smallest absolute Gasteiger partial charge is 0.545 e. The van der Waals surface area contributed by atoms with Crippen LogP contribution < -0.4 is 10.2 Å². The molecule has 0 fully saturated rings. The average molecular weight is 415 g/mol. The SMILES string of the molecule is O=C([O-])c1ccc(C(=O)[O-])cc1.[Cd+2].c1cn[nH]n1.c1cn[nH]n1. The molecule has 3 rings (SSSR count). The third-order valence-electron chi connectivity index (χ3n) is 2.02. The molecule has 3 aromatic rings. The molecule has 0 atom stereocenters. The molecule has 0 spiro atoms. The minimum Gasteiger partial charge on any atom is -0.545 e. The summed E-state index contributed by atoms with van der Waals surface area (Å²) in [6, 6.07) is 4.61. The van der Waals surface area contributed by atoms with E-state index in [1.165, 1.54) is 0 Å². The molecule has 11 heteroatoms. The van der Waals surface area contributed by atoms with Gasteiger partial charge in [0.25, 0.3) is 0 Å². The van der Waals surface area contributed by atoms with Gasteiger partial charge in [-0.1, -0.05) is 24.3 Å². The summed E-state index contributed by atoms with van der Waals surface area (Å²) in [5.74, 6) is -2.67. The molecule has 2 heterocycles. The van der Waals surface area contributed by atoms with Crippen molar-refractivity contribution >= 4 is 11.9 Å². The van der Waals surface area contributed by atoms with Gasteiger partial charge in [0.2, 0.25) is 0 Å². The van der Waals surface area contributed by atoms with Crippen LogP contribution in [0, 0.1) is 0 Å². The molecule has 0 saturated heterocycles. The van der Waals surface area contributed by atoms with Gasteiger partial charge in [-0.2, -0.15) is 30.8 Å². The average Bonchev–Trinajstić information content (AvgIpc) is 3.25. The molecular formula is C12H10CdN6O4. The van der Waals surface area contributed by atoms with Crippen LogP contribution in [0.25, 0.3) is 0 Å². The summed E-state index contributed by atoms with van der Waals surface area (Å²) in [7, 11) is 0. The Morgan fingerprint density at radius 1 is 0.696 bits per heavy atom. The number of hydrogen-bond donors (Lipinski definition) is 2. The van der Waals surface area contributed by atoms with Gasteiger partial charge in [0, 0.05) is 0 Å². The zero-order valence-electron chi connectivity index (χ0n) is 11.7. The van der Waals surface area contributed by atoms with E-state index in [2.05, 4.69) is 30.8 Å². The molecule has 0 unspecified atom stereocenters. The van der Waals surface area contributed by atoms with Crippen LogP contribution >= 0.6 is 0 Å². The predicted molar refractivity (Wildman–Crippen MR) is 67.9 cm³/mol. The van der Waals surface area contributed by atoms with E-state index in [0.29, 0.717) is 0 Å². The Hall–Kier alpha value is -2.64. The first kappa shape index (κ1) is 20.4. The van der Waals surface area contributed by atoms with Crippen molar-refractivity contribution < 1.29 is 47.1 Å². The van der Waals surface area contributed by atoms with Gasteiger partial charge < -0.3 is 19.8 Å². The second-order valence-electron chi connectivity index (χ2n) is 3.46. The van der Waals surface area contributed by atoms with E-state index in [1.54, 1.807) is 24.8 Å². The van der Waals surface area contributed by atoms with Crippen molar-refractivity contribution in [1.29, 1.82) is 0 Å². The summed E-state index contributed by atoms with van der Waals surface area (Å²) in [6.07, 6.45) is 6.33. The van der Waals surface area contributed by atoms with Gasteiger partial charge in [-0.3, -0.25) is 0 Å². The zero-order valence-corrected chi connectivity index (χ0v) is 15.8. The molecule has 2 aromatic heterocycles. The number of aromatic amines is 2. The van der Waals surface area contributed by atoms with Crippen LogP contribution in [0.3, 0.4) is 0 Å². The van der Waals surface area contributed by atoms with Crippen LogP contribution in [0.1, 0.15) is 20.7 Å². The number of aromatic carboxylic acids is 2. The minimum absolute atomic E-state index is 0. The third kappa shape index (κ3) is 9.07. The van der Waals surface area contributed by atoms with Crippen LogP contribution in [0.4, 0.5) is 0 Å². The number of carbonyl (C=O) groups is 2. The minimum atomic E-state index is -1.33. The number of H-pyrrole nitrogens is 2. The number of rotatable bonds is 2. The van der Waals surface area contributed by atoms with Crippen molar-refractivity contribution in [3.8, 4) is 0 Å². The first-order valence-electron chi connectivity index (χ1n) is 5.73. The monoisotopic (exact) mass is 416 g/mol. The molecule has 0 aliphatic heterocycles. The van der Waals surface area contributed by atoms with Crippen molar-refractivity contribution in [2.24, 2.45) is 0 Å². The van der Waals surface area contributed by atoms with Crippen molar-refractivity contribution in [2.75, 3.05) is 0 Å². The van der Waals surface area contributed by atoms with Crippen LogP contribution in [-0.2, 0) is 27.3 Å². The number of hydrogen-bond acceptors (Lipinski definition) is 8. The van der Waals surface area contributed by atoms with Gasteiger partial charge in [-0.15, -0.1) is 0 Å². The van der Waals surface area contributed by atoms with E-state index in [4.69, 9.17) is 0 Å². The summed E-state index contributed by atoms with van der Waals surface area (Å²) < 4.78 is 0. The molecule has 0 aliphatic rings. The summed E-state index contributed by atoms with van der Waals surface area (Å²) >= 11 is 0. The van der Waals surface area contributed by atoms with Crippen LogP contribution in [-0.4, -0.2) is 42.8 Å². The Bertz CT molecular complexity index is 564. The summed E-state index contributed by atoms with van der Waals surface area (Å²) in [6.45, 7) is 0. The number of benzene rings is 1. The van der Waals surface area contributed by atoms with Crippen LogP contribution in [0.15, 0.2) is 49.1 Å². The van der Waals surface area contributed by atoms with Crippen LogP contribution in [0.2, 0.25) is 0 Å². The number of nitrogens with one attached hydrogen (secondary N) is 2. The van der Waals surface area contributed by atoms with Crippen molar-refractivity contribution in [2.45, 2.75) is 0 Å². The Morgan fingerprint density at radius 3 is 1.09 bits per heavy atom. The second kappa shape index (κ2) is 12.0. The quantitative estimate of drug-likeness (QED) is 0.455. The summed E-state index contributed by atoms with van der Waals surface area (Å²) in [4.78, 5) is 20.4. The Balaban J connectivity index is 0.000000362. The van der Waals surface area contributed by atoms with E-state index in [9.17, 15) is 19.8 Å². The molecule has 0 aliphatic carbocycles. The third-order valence-corrected chi connectivity index (χ3v) is 2.02. The molecule has 0 amide bonds. The molecular weight excluding hydrogens is 405 g/mol. The van der Waals surface area contributed by atoms with Gasteiger partial charge in [0.05, 0.1) is 36.7 Å². The fraction of sp³-hybridized carbons (Fsp3) is 0. The molecule has 1 aromatic carbocycles. The second-order valence-corrected chi connectivity index (χ2v) is 3.46. The van der Waals surface area contributed by atoms with Gasteiger partial charge in [-0.05, 0) is 11.1 Å². The number of carboxylic acid groups (broad SMARTS) is 2.